The number of likely N-dealkylation sites (tertiary alicyclic amines) is 1. The third-order valence-electron chi connectivity index (χ3n) is 3.67. The summed E-state index contributed by atoms with van der Waals surface area (Å²) in [5.41, 5.74) is 1.16. The molecule has 1 aromatic rings. The monoisotopic (exact) mass is 253 g/mol. The summed E-state index contributed by atoms with van der Waals surface area (Å²) in [5, 5.41) is 6.84. The summed E-state index contributed by atoms with van der Waals surface area (Å²) >= 11 is 1.79. The predicted octanol–water partition coefficient (Wildman–Crippen LogP) is 1.92. The van der Waals surface area contributed by atoms with Gasteiger partial charge < -0.3 is 10.2 Å². The maximum Gasteiger partial charge on any atom is 0.0940 e. The fourth-order valence-electron chi connectivity index (χ4n) is 2.64. The van der Waals surface area contributed by atoms with Gasteiger partial charge in [-0.05, 0) is 32.9 Å². The highest BCUT2D eigenvalue weighted by Crippen LogP contribution is 2.17. The van der Waals surface area contributed by atoms with Crippen LogP contribution in [0.2, 0.25) is 0 Å². The lowest BCUT2D eigenvalue weighted by molar-refractivity contribution is 0.153. The summed E-state index contributed by atoms with van der Waals surface area (Å²) in [5.74, 6) is 0.756. The molecular formula is C13H23N3S. The molecule has 2 heterocycles. The molecule has 1 N–H and O–H groups in total. The van der Waals surface area contributed by atoms with Crippen LogP contribution in [0.1, 0.15) is 24.0 Å². The predicted molar refractivity (Wildman–Crippen MR) is 73.6 cm³/mol. The van der Waals surface area contributed by atoms with Gasteiger partial charge in [0.1, 0.15) is 0 Å². The summed E-state index contributed by atoms with van der Waals surface area (Å²) in [6.45, 7) is 8.02. The Bertz CT molecular complexity index is 350. The van der Waals surface area contributed by atoms with Crippen molar-refractivity contribution in [2.45, 2.75) is 32.7 Å². The first kappa shape index (κ1) is 13.0. The number of nitrogens with zero attached hydrogens (tertiary/aromatic N) is 2. The summed E-state index contributed by atoms with van der Waals surface area (Å²) in [4.78, 5) is 7.10. The Morgan fingerprint density at radius 2 is 2.41 bits per heavy atom. The lowest BCUT2D eigenvalue weighted by atomic mass is 9.94. The zero-order valence-corrected chi connectivity index (χ0v) is 11.9. The summed E-state index contributed by atoms with van der Waals surface area (Å²) in [7, 11) is 2.08. The first-order valence-corrected chi connectivity index (χ1v) is 7.37. The Morgan fingerprint density at radius 1 is 1.59 bits per heavy atom. The smallest absolute Gasteiger partial charge is 0.0940 e. The molecule has 2 atom stereocenters. The lowest BCUT2D eigenvalue weighted by Gasteiger charge is -2.36. The molecule has 1 saturated heterocycles. The second kappa shape index (κ2) is 5.94. The van der Waals surface area contributed by atoms with Crippen molar-refractivity contribution in [3.63, 3.8) is 0 Å². The molecule has 0 spiro atoms. The van der Waals surface area contributed by atoms with Crippen LogP contribution in [0.3, 0.4) is 0 Å². The highest BCUT2D eigenvalue weighted by molar-refractivity contribution is 7.09. The number of piperidine rings is 1. The SMILES string of the molecule is CNC1CCN(CCc2nc(C)cs2)CC1C. The molecule has 0 saturated carbocycles. The van der Waals surface area contributed by atoms with Crippen molar-refractivity contribution in [2.75, 3.05) is 26.7 Å². The second-order valence-corrected chi connectivity index (χ2v) is 6.04. The Hall–Kier alpha value is -0.450. The first-order chi connectivity index (χ1) is 8.19. The first-order valence-electron chi connectivity index (χ1n) is 6.49. The van der Waals surface area contributed by atoms with Crippen LogP contribution in [0.5, 0.6) is 0 Å². The minimum atomic E-state index is 0.702. The zero-order valence-electron chi connectivity index (χ0n) is 11.1. The number of hydrogen-bond acceptors (Lipinski definition) is 4. The van der Waals surface area contributed by atoms with Crippen LogP contribution in [-0.4, -0.2) is 42.6 Å². The summed E-state index contributed by atoms with van der Waals surface area (Å²) in [6.07, 6.45) is 2.38. The number of aryl methyl sites for hydroxylation is 1. The maximum absolute atomic E-state index is 4.52. The molecule has 0 radical (unpaired) electrons. The van der Waals surface area contributed by atoms with E-state index >= 15 is 0 Å². The van der Waals surface area contributed by atoms with Gasteiger partial charge in [-0.15, -0.1) is 11.3 Å². The van der Waals surface area contributed by atoms with Gasteiger partial charge in [-0.25, -0.2) is 4.98 Å². The van der Waals surface area contributed by atoms with E-state index in [1.165, 1.54) is 24.5 Å². The van der Waals surface area contributed by atoms with Gasteiger partial charge in [0.05, 0.1) is 5.01 Å². The van der Waals surface area contributed by atoms with Gasteiger partial charge in [-0.3, -0.25) is 0 Å². The Labute approximate surface area is 108 Å². The molecule has 2 unspecified atom stereocenters. The Morgan fingerprint density at radius 3 is 3.00 bits per heavy atom. The molecule has 0 amide bonds. The van der Waals surface area contributed by atoms with Gasteiger partial charge in [0.15, 0.2) is 0 Å². The van der Waals surface area contributed by atoms with E-state index in [-0.39, 0.29) is 0 Å². The van der Waals surface area contributed by atoms with Gasteiger partial charge in [0.2, 0.25) is 0 Å². The standard InChI is InChI=1S/C13H23N3S/c1-10-8-16(6-4-12(10)14-3)7-5-13-15-11(2)9-17-13/h9-10,12,14H,4-8H2,1-3H3. The molecular weight excluding hydrogens is 230 g/mol. The van der Waals surface area contributed by atoms with Gasteiger partial charge in [0, 0.05) is 36.6 Å². The number of thiazole rings is 1. The van der Waals surface area contributed by atoms with E-state index in [9.17, 15) is 0 Å². The quantitative estimate of drug-likeness (QED) is 0.888. The molecule has 96 valence electrons. The van der Waals surface area contributed by atoms with Crippen molar-refractivity contribution in [2.24, 2.45) is 5.92 Å². The van der Waals surface area contributed by atoms with Crippen molar-refractivity contribution in [1.29, 1.82) is 0 Å². The van der Waals surface area contributed by atoms with Crippen molar-refractivity contribution >= 4 is 11.3 Å². The molecule has 2 rings (SSSR count). The van der Waals surface area contributed by atoms with E-state index < -0.39 is 0 Å². The highest BCUT2D eigenvalue weighted by Gasteiger charge is 2.24. The Balaban J connectivity index is 1.77. The molecule has 1 aliphatic heterocycles. The van der Waals surface area contributed by atoms with E-state index in [1.807, 2.05) is 0 Å². The number of aromatic nitrogens is 1. The molecule has 4 heteroatoms. The Kier molecular flexibility index (Phi) is 4.54. The minimum absolute atomic E-state index is 0.702. The van der Waals surface area contributed by atoms with E-state index in [0.29, 0.717) is 6.04 Å². The van der Waals surface area contributed by atoms with Gasteiger partial charge in [-0.2, -0.15) is 0 Å². The molecule has 0 aromatic carbocycles. The van der Waals surface area contributed by atoms with Gasteiger partial charge in [-0.1, -0.05) is 6.92 Å². The number of rotatable bonds is 4. The largest absolute Gasteiger partial charge is 0.317 e. The topological polar surface area (TPSA) is 28.2 Å². The fourth-order valence-corrected chi connectivity index (χ4v) is 3.40. The lowest BCUT2D eigenvalue weighted by Crippen LogP contribution is -2.47. The maximum atomic E-state index is 4.52. The second-order valence-electron chi connectivity index (χ2n) is 5.09. The molecule has 0 aliphatic carbocycles. The molecule has 1 aliphatic rings. The van der Waals surface area contributed by atoms with Crippen LogP contribution in [0, 0.1) is 12.8 Å². The average Bonchev–Trinajstić information content (AvgIpc) is 2.73. The number of hydrogen-bond donors (Lipinski definition) is 1. The van der Waals surface area contributed by atoms with E-state index in [4.69, 9.17) is 0 Å². The van der Waals surface area contributed by atoms with Crippen molar-refractivity contribution in [3.05, 3.63) is 16.1 Å². The van der Waals surface area contributed by atoms with Crippen molar-refractivity contribution < 1.29 is 0 Å². The van der Waals surface area contributed by atoms with Crippen LogP contribution in [0.4, 0.5) is 0 Å². The van der Waals surface area contributed by atoms with Crippen LogP contribution in [0.15, 0.2) is 5.38 Å². The van der Waals surface area contributed by atoms with Crippen LogP contribution < -0.4 is 5.32 Å². The van der Waals surface area contributed by atoms with Crippen molar-refractivity contribution in [1.82, 2.24) is 15.2 Å². The van der Waals surface area contributed by atoms with Crippen LogP contribution in [0.25, 0.3) is 0 Å². The van der Waals surface area contributed by atoms with Crippen LogP contribution >= 0.6 is 11.3 Å². The van der Waals surface area contributed by atoms with E-state index in [2.05, 4.69) is 41.5 Å². The number of nitrogens with one attached hydrogen (secondary N) is 1. The van der Waals surface area contributed by atoms with Crippen LogP contribution in [-0.2, 0) is 6.42 Å². The highest BCUT2D eigenvalue weighted by atomic mass is 32.1. The average molecular weight is 253 g/mol. The van der Waals surface area contributed by atoms with E-state index in [0.717, 1.165) is 24.6 Å². The third kappa shape index (κ3) is 3.50. The fraction of sp³-hybridized carbons (Fsp3) is 0.769. The molecule has 17 heavy (non-hydrogen) atoms. The molecule has 1 aromatic heterocycles. The van der Waals surface area contributed by atoms with E-state index in [1.54, 1.807) is 11.3 Å². The summed E-state index contributed by atoms with van der Waals surface area (Å²) < 4.78 is 0. The molecule has 0 bridgehead atoms. The zero-order chi connectivity index (χ0) is 12.3. The molecule has 1 fully saturated rings. The van der Waals surface area contributed by atoms with Gasteiger partial charge in [0.25, 0.3) is 0 Å². The summed E-state index contributed by atoms with van der Waals surface area (Å²) in [6, 6.07) is 0.702. The third-order valence-corrected chi connectivity index (χ3v) is 4.70. The van der Waals surface area contributed by atoms with Crippen molar-refractivity contribution in [3.8, 4) is 0 Å². The minimum Gasteiger partial charge on any atom is -0.317 e. The molecule has 3 nitrogen and oxygen atoms in total. The normalized spacial score (nSPS) is 26.3. The van der Waals surface area contributed by atoms with Gasteiger partial charge >= 0.3 is 0 Å².